The topological polar surface area (TPSA) is 54.8 Å². The molecule has 0 spiro atoms. The number of aliphatic imine (C=N–C) groups is 2. The van der Waals surface area contributed by atoms with E-state index in [0.717, 1.165) is 62.3 Å². The maximum atomic E-state index is 9.88. The third kappa shape index (κ3) is 5.27. The first-order chi connectivity index (χ1) is 17.4. The molecule has 0 radical (unpaired) electrons. The molecule has 190 valence electrons. The fraction of sp³-hybridized carbons (Fsp3) is 0.484. The number of aliphatic hydroxyl groups excluding tert-OH is 1. The van der Waals surface area contributed by atoms with Crippen molar-refractivity contribution in [3.8, 4) is 0 Å². The zero-order valence-corrected chi connectivity index (χ0v) is 22.2. The lowest BCUT2D eigenvalue weighted by Crippen LogP contribution is -2.23. The monoisotopic (exact) mass is 484 g/mol. The number of fused-ring (bicyclic) bond motifs is 1. The largest absolute Gasteiger partial charge is 0.393 e. The van der Waals surface area contributed by atoms with Gasteiger partial charge in [0.1, 0.15) is 11.7 Å². The van der Waals surface area contributed by atoms with Crippen LogP contribution in [0.15, 0.2) is 65.0 Å². The van der Waals surface area contributed by atoms with Crippen molar-refractivity contribution in [1.29, 1.82) is 0 Å². The Morgan fingerprint density at radius 3 is 2.72 bits per heavy atom. The molecule has 36 heavy (non-hydrogen) atoms. The number of aromatic nitrogens is 2. The summed E-state index contributed by atoms with van der Waals surface area (Å²) < 4.78 is 4.32. The van der Waals surface area contributed by atoms with Crippen molar-refractivity contribution in [3.05, 3.63) is 66.1 Å². The highest BCUT2D eigenvalue weighted by molar-refractivity contribution is 6.06. The second-order valence-electron chi connectivity index (χ2n) is 11.0. The molecule has 0 saturated heterocycles. The summed E-state index contributed by atoms with van der Waals surface area (Å²) in [5.41, 5.74) is 4.89. The minimum absolute atomic E-state index is 0.0891. The van der Waals surface area contributed by atoms with E-state index in [9.17, 15) is 5.11 Å². The van der Waals surface area contributed by atoms with Gasteiger partial charge in [0.05, 0.1) is 11.8 Å². The van der Waals surface area contributed by atoms with Crippen molar-refractivity contribution in [2.45, 2.75) is 71.8 Å². The Kier molecular flexibility index (Phi) is 7.29. The van der Waals surface area contributed by atoms with Gasteiger partial charge in [-0.25, -0.2) is 9.98 Å². The fourth-order valence-electron chi connectivity index (χ4n) is 5.90. The van der Waals surface area contributed by atoms with Crippen LogP contribution < -0.4 is 0 Å². The molecule has 2 aliphatic rings. The quantitative estimate of drug-likeness (QED) is 0.417. The van der Waals surface area contributed by atoms with Crippen LogP contribution in [0.4, 0.5) is 5.69 Å². The number of benzene rings is 1. The molecular formula is C31H40N4O. The van der Waals surface area contributed by atoms with E-state index in [1.807, 2.05) is 0 Å². The first-order valence-corrected chi connectivity index (χ1v) is 13.7. The minimum Gasteiger partial charge on any atom is -0.393 e. The average molecular weight is 485 g/mol. The summed E-state index contributed by atoms with van der Waals surface area (Å²) in [5, 5.41) is 11.1. The van der Waals surface area contributed by atoms with Crippen molar-refractivity contribution in [2.24, 2.45) is 34.8 Å². The van der Waals surface area contributed by atoms with E-state index in [-0.39, 0.29) is 6.10 Å². The first-order valence-electron chi connectivity index (χ1n) is 13.7. The summed E-state index contributed by atoms with van der Waals surface area (Å²) in [7, 11) is 2.07. The Morgan fingerprint density at radius 2 is 1.94 bits per heavy atom. The summed E-state index contributed by atoms with van der Waals surface area (Å²) in [6.45, 7) is 6.81. The van der Waals surface area contributed by atoms with Gasteiger partial charge in [0.2, 0.25) is 0 Å². The molecule has 1 fully saturated rings. The van der Waals surface area contributed by atoms with Crippen molar-refractivity contribution >= 4 is 28.3 Å². The van der Waals surface area contributed by atoms with Gasteiger partial charge in [-0.3, -0.25) is 0 Å². The van der Waals surface area contributed by atoms with Gasteiger partial charge >= 0.3 is 0 Å². The number of rotatable bonds is 5. The molecule has 2 aromatic heterocycles. The SMILES string of the molecule is CCC1CC=CC(n2cc(C)c(CC(C)C3CCC(O)CC3)c2)=NC1=Nc1ccc2c(ccn2C)c1. The lowest BCUT2D eigenvalue weighted by atomic mass is 9.77. The van der Waals surface area contributed by atoms with Crippen LogP contribution in [0.2, 0.25) is 0 Å². The third-order valence-electron chi connectivity index (χ3n) is 8.37. The average Bonchev–Trinajstić information content (AvgIpc) is 3.34. The van der Waals surface area contributed by atoms with E-state index < -0.39 is 0 Å². The second-order valence-corrected chi connectivity index (χ2v) is 11.0. The fourth-order valence-corrected chi connectivity index (χ4v) is 5.90. The van der Waals surface area contributed by atoms with Crippen LogP contribution in [0.5, 0.6) is 0 Å². The van der Waals surface area contributed by atoms with E-state index in [0.29, 0.717) is 17.8 Å². The molecule has 5 heteroatoms. The Morgan fingerprint density at radius 1 is 1.14 bits per heavy atom. The lowest BCUT2D eigenvalue weighted by molar-refractivity contribution is 0.0936. The Labute approximate surface area is 215 Å². The minimum atomic E-state index is -0.0891. The molecule has 1 N–H and O–H groups in total. The van der Waals surface area contributed by atoms with Gasteiger partial charge in [0.15, 0.2) is 0 Å². The van der Waals surface area contributed by atoms with E-state index in [1.54, 1.807) is 0 Å². The van der Waals surface area contributed by atoms with Gasteiger partial charge < -0.3 is 14.2 Å². The summed E-state index contributed by atoms with van der Waals surface area (Å²) in [4.78, 5) is 10.2. The molecule has 0 amide bonds. The van der Waals surface area contributed by atoms with E-state index >= 15 is 0 Å². The molecule has 5 rings (SSSR count). The van der Waals surface area contributed by atoms with Crippen molar-refractivity contribution in [1.82, 2.24) is 9.13 Å². The Balaban J connectivity index is 1.41. The highest BCUT2D eigenvalue weighted by atomic mass is 16.3. The normalized spacial score (nSPS) is 24.8. The number of aliphatic hydroxyl groups is 1. The number of nitrogens with zero attached hydrogens (tertiary/aromatic N) is 4. The van der Waals surface area contributed by atoms with E-state index in [2.05, 4.69) is 92.0 Å². The maximum absolute atomic E-state index is 9.88. The summed E-state index contributed by atoms with van der Waals surface area (Å²) in [6, 6.07) is 8.54. The van der Waals surface area contributed by atoms with Gasteiger partial charge in [0.25, 0.3) is 0 Å². The van der Waals surface area contributed by atoms with Gasteiger partial charge in [-0.15, -0.1) is 0 Å². The van der Waals surface area contributed by atoms with Gasteiger partial charge in [-0.1, -0.05) is 19.9 Å². The zero-order chi connectivity index (χ0) is 25.2. The number of hydrogen-bond donors (Lipinski definition) is 1. The predicted octanol–water partition coefficient (Wildman–Crippen LogP) is 6.98. The summed E-state index contributed by atoms with van der Waals surface area (Å²) in [5.74, 6) is 3.48. The molecule has 1 aliphatic carbocycles. The number of hydrogen-bond acceptors (Lipinski definition) is 2. The predicted molar refractivity (Wildman–Crippen MR) is 150 cm³/mol. The smallest absolute Gasteiger partial charge is 0.138 e. The van der Waals surface area contributed by atoms with Crippen LogP contribution in [-0.2, 0) is 13.5 Å². The van der Waals surface area contributed by atoms with Crippen LogP contribution in [0.25, 0.3) is 10.9 Å². The van der Waals surface area contributed by atoms with Crippen LogP contribution in [-0.4, -0.2) is 32.0 Å². The molecule has 1 aromatic carbocycles. The molecular weight excluding hydrogens is 444 g/mol. The van der Waals surface area contributed by atoms with Crippen LogP contribution in [0.1, 0.15) is 63.5 Å². The highest BCUT2D eigenvalue weighted by Gasteiger charge is 2.25. The van der Waals surface area contributed by atoms with Crippen molar-refractivity contribution < 1.29 is 5.11 Å². The van der Waals surface area contributed by atoms with Crippen molar-refractivity contribution in [3.63, 3.8) is 0 Å². The van der Waals surface area contributed by atoms with Crippen LogP contribution in [0, 0.1) is 24.7 Å². The molecule has 3 aromatic rings. The van der Waals surface area contributed by atoms with E-state index in [4.69, 9.17) is 9.98 Å². The molecule has 2 unspecified atom stereocenters. The lowest BCUT2D eigenvalue weighted by Gasteiger charge is -2.30. The van der Waals surface area contributed by atoms with Crippen LogP contribution in [0.3, 0.4) is 0 Å². The number of amidine groups is 1. The summed E-state index contributed by atoms with van der Waals surface area (Å²) >= 11 is 0. The second kappa shape index (κ2) is 10.6. The van der Waals surface area contributed by atoms with Gasteiger partial charge in [-0.05, 0) is 105 Å². The molecule has 1 saturated carbocycles. The first kappa shape index (κ1) is 24.8. The highest BCUT2D eigenvalue weighted by Crippen LogP contribution is 2.33. The summed E-state index contributed by atoms with van der Waals surface area (Å²) in [6.07, 6.45) is 18.1. The Hall–Kier alpha value is -2.92. The zero-order valence-electron chi connectivity index (χ0n) is 22.2. The van der Waals surface area contributed by atoms with E-state index in [1.165, 1.54) is 22.0 Å². The standard InChI is InChI=1S/C31H40N4O/c1-5-23-7-6-8-30(33-31(23)32-27-11-14-29-25(18-27)15-16-34(29)4)35-19-22(3)26(20-35)17-21(2)24-9-12-28(36)13-10-24/h6,8,11,14-16,18-21,23-24,28,36H,5,7,9-10,12-13,17H2,1-4H3. The third-order valence-corrected chi connectivity index (χ3v) is 8.37. The molecule has 2 atom stereocenters. The molecule has 5 nitrogen and oxygen atoms in total. The molecule has 1 aliphatic heterocycles. The number of allylic oxidation sites excluding steroid dienone is 2. The Bertz CT molecular complexity index is 1300. The maximum Gasteiger partial charge on any atom is 0.138 e. The molecule has 0 bridgehead atoms. The van der Waals surface area contributed by atoms with Crippen LogP contribution >= 0.6 is 0 Å². The van der Waals surface area contributed by atoms with Gasteiger partial charge in [-0.2, -0.15) is 0 Å². The number of aryl methyl sites for hydroxylation is 2. The molecule has 3 heterocycles. The van der Waals surface area contributed by atoms with Crippen molar-refractivity contribution in [2.75, 3.05) is 0 Å². The van der Waals surface area contributed by atoms with Gasteiger partial charge in [0, 0.05) is 42.5 Å².